The number of aromatic nitrogens is 1. The van der Waals surface area contributed by atoms with Gasteiger partial charge in [0, 0.05) is 56.8 Å². The number of halogens is 1. The van der Waals surface area contributed by atoms with Gasteiger partial charge in [0.1, 0.15) is 60.3 Å². The predicted octanol–water partition coefficient (Wildman–Crippen LogP) is -0.115. The maximum Gasteiger partial charge on any atom is 0.325 e. The van der Waals surface area contributed by atoms with Crippen LogP contribution in [0.25, 0.3) is 10.8 Å². The molecule has 550 valence electrons. The second-order valence-corrected chi connectivity index (χ2v) is 25.9. The van der Waals surface area contributed by atoms with E-state index in [9.17, 15) is 73.2 Å². The summed E-state index contributed by atoms with van der Waals surface area (Å²) < 4.78 is 0. The third-order valence-electron chi connectivity index (χ3n) is 16.8. The zero-order valence-electron chi connectivity index (χ0n) is 57.2. The van der Waals surface area contributed by atoms with E-state index in [0.717, 1.165) is 16.3 Å². The number of carbonyl (C=O) groups is 11. The van der Waals surface area contributed by atoms with Crippen LogP contribution in [0.5, 0.6) is 5.75 Å². The van der Waals surface area contributed by atoms with Gasteiger partial charge in [0.25, 0.3) is 0 Å². The van der Waals surface area contributed by atoms with E-state index < -0.39 is 138 Å². The third-order valence-corrected chi connectivity index (χ3v) is 17.1. The molecule has 1 aromatic heterocycles. The minimum Gasteiger partial charge on any atom is -0.508 e. The zero-order chi connectivity index (χ0) is 74.6. The van der Waals surface area contributed by atoms with Gasteiger partial charge in [0.15, 0.2) is 5.96 Å². The number of primary amides is 1. The Morgan fingerprint density at radius 2 is 1.15 bits per heavy atom. The SMILES string of the molecule is CC(=O)N[C@H](Cc1ccc2ccccc2c1)C(=O)N[C@H](Cc1ccc(Cl)cc1)C(O)N[C@H](Cc1cccnc1)C(=O)N[C@@H](CO)C(=O)N[C@@H](Cc1ccc(O)cc1)C(=O)N[C@H](CCCNC(N)=O)C(=O)N[C@@H](CC(C)C)C(=O)N[C@@H](CCCNC(=N)N)C(=O)N1CCC[C@H]1C(=O)N[C@H](C)C(=O)O. The fourth-order valence-corrected chi connectivity index (χ4v) is 11.7. The molecule has 1 saturated heterocycles. The number of benzene rings is 4. The van der Waals surface area contributed by atoms with E-state index in [-0.39, 0.29) is 101 Å². The van der Waals surface area contributed by atoms with E-state index in [4.69, 9.17) is 28.5 Å². The molecule has 11 amide bonds. The van der Waals surface area contributed by atoms with Crippen molar-refractivity contribution in [2.24, 2.45) is 17.4 Å². The number of nitrogens with one attached hydrogen (secondary N) is 12. The molecule has 102 heavy (non-hydrogen) atoms. The number of hydrogen-bond donors (Lipinski definition) is 18. The van der Waals surface area contributed by atoms with Gasteiger partial charge in [-0.2, -0.15) is 0 Å². The van der Waals surface area contributed by atoms with Gasteiger partial charge in [-0.3, -0.25) is 63.7 Å². The second-order valence-electron chi connectivity index (χ2n) is 25.5. The van der Waals surface area contributed by atoms with Crippen LogP contribution in [-0.4, -0.2) is 194 Å². The molecule has 1 aliphatic rings. The van der Waals surface area contributed by atoms with Crippen molar-refractivity contribution in [1.29, 1.82) is 5.41 Å². The van der Waals surface area contributed by atoms with E-state index in [1.165, 1.54) is 55.4 Å². The number of phenols is 1. The molecule has 0 bridgehead atoms. The lowest BCUT2D eigenvalue weighted by Crippen LogP contribution is -2.62. The summed E-state index contributed by atoms with van der Waals surface area (Å²) in [7, 11) is 0. The van der Waals surface area contributed by atoms with Crippen LogP contribution in [0.1, 0.15) is 94.9 Å². The van der Waals surface area contributed by atoms with Gasteiger partial charge >= 0.3 is 12.0 Å². The summed E-state index contributed by atoms with van der Waals surface area (Å²) in [5, 5.41) is 81.7. The first kappa shape index (κ1) is 80.5. The quantitative estimate of drug-likeness (QED) is 0.0106. The number of aliphatic carboxylic acids is 1. The highest BCUT2D eigenvalue weighted by Gasteiger charge is 2.40. The van der Waals surface area contributed by atoms with Gasteiger partial charge in [0.05, 0.1) is 18.7 Å². The normalized spacial score (nSPS) is 15.6. The molecule has 1 aliphatic heterocycles. The van der Waals surface area contributed by atoms with Crippen LogP contribution in [0.3, 0.4) is 0 Å². The molecule has 6 rings (SSSR count). The van der Waals surface area contributed by atoms with Crippen molar-refractivity contribution in [3.05, 3.63) is 143 Å². The lowest BCUT2D eigenvalue weighted by Gasteiger charge is -2.31. The Labute approximate surface area is 595 Å². The molecule has 0 aliphatic carbocycles. The molecular formula is C70H93ClN16O15. The first-order valence-electron chi connectivity index (χ1n) is 33.6. The molecular weight excluding hydrogens is 1340 g/mol. The Bertz CT molecular complexity index is 3710. The summed E-state index contributed by atoms with van der Waals surface area (Å²) in [4.78, 5) is 157. The molecule has 0 radical (unpaired) electrons. The summed E-state index contributed by atoms with van der Waals surface area (Å²) in [5.41, 5.74) is 13.0. The number of aromatic hydroxyl groups is 1. The van der Waals surface area contributed by atoms with Crippen LogP contribution in [0.2, 0.25) is 5.02 Å². The number of fused-ring (bicyclic) bond motifs is 1. The van der Waals surface area contributed by atoms with Gasteiger partial charge in [-0.15, -0.1) is 0 Å². The predicted molar refractivity (Wildman–Crippen MR) is 377 cm³/mol. The fourth-order valence-electron chi connectivity index (χ4n) is 11.5. The number of nitrogens with two attached hydrogens (primary N) is 2. The monoisotopic (exact) mass is 1430 g/mol. The average molecular weight is 1430 g/mol. The number of carbonyl (C=O) groups excluding carboxylic acids is 10. The summed E-state index contributed by atoms with van der Waals surface area (Å²) >= 11 is 6.24. The number of urea groups is 1. The van der Waals surface area contributed by atoms with Crippen molar-refractivity contribution >= 4 is 93.5 Å². The minimum atomic E-state index is -1.83. The number of guanidine groups is 1. The number of likely N-dealkylation sites (tertiary alicyclic amines) is 1. The van der Waals surface area contributed by atoms with E-state index in [1.807, 2.05) is 42.5 Å². The number of carboxylic acid groups (broad SMARTS) is 1. The topological polar surface area (TPSA) is 493 Å². The van der Waals surface area contributed by atoms with Gasteiger partial charge in [-0.1, -0.05) is 98.2 Å². The molecule has 5 aromatic rings. The lowest BCUT2D eigenvalue weighted by molar-refractivity contribution is -0.144. The number of pyridine rings is 1. The molecule has 32 heteroatoms. The number of rotatable bonds is 39. The highest BCUT2D eigenvalue weighted by atomic mass is 35.5. The minimum absolute atomic E-state index is 0.00247. The number of carboxylic acids is 1. The smallest absolute Gasteiger partial charge is 0.325 e. The molecule has 4 aromatic carbocycles. The molecule has 1 unspecified atom stereocenters. The Morgan fingerprint density at radius 1 is 0.608 bits per heavy atom. The van der Waals surface area contributed by atoms with Gasteiger partial charge in [-0.05, 0) is 134 Å². The van der Waals surface area contributed by atoms with Crippen LogP contribution in [0.15, 0.2) is 116 Å². The molecule has 0 saturated carbocycles. The number of nitrogens with zero attached hydrogens (tertiary/aromatic N) is 2. The molecule has 11 atom stereocenters. The van der Waals surface area contributed by atoms with E-state index in [2.05, 4.69) is 63.5 Å². The summed E-state index contributed by atoms with van der Waals surface area (Å²) in [6, 6.07) is 13.8. The Kier molecular flexibility index (Phi) is 31.6. The van der Waals surface area contributed by atoms with E-state index in [1.54, 1.807) is 50.2 Å². The van der Waals surface area contributed by atoms with Crippen molar-refractivity contribution < 1.29 is 73.2 Å². The van der Waals surface area contributed by atoms with Crippen molar-refractivity contribution in [3.63, 3.8) is 0 Å². The highest BCUT2D eigenvalue weighted by Crippen LogP contribution is 2.22. The molecule has 0 spiro atoms. The molecule has 2 heterocycles. The van der Waals surface area contributed by atoms with E-state index in [0.29, 0.717) is 28.1 Å². The Hall–Kier alpha value is -10.5. The standard InChI is InChI=1S/C70H93ClN16O15/c1-39(2)31-52(60(92)81-51(15-9-28-76-69(72)73)67(99)87-30-10-16-58(87)66(98)78-40(3)68(100)101)82-59(91)50(14-8-29-77-70(74)102)80-62(94)54(34-43-20-25-49(90)26-21-43)85-65(97)57(38-88)86-64(96)56(36-45-11-7-27-75-37-45)84-63(95)55(33-42-18-23-48(71)24-19-42)83-61(93)53(79-41(4)89)35-44-17-22-46-12-5-6-13-47(46)32-44/h5-7,11-13,17-27,32,37,39-40,50-58,63,84,88,90,95H,8-10,14-16,28-31,33-36,38H2,1-4H3,(H,78,98)(H,79,89)(H,80,94)(H,81,92)(H,82,91)(H,83,93)(H,85,97)(H,86,96)(H,100,101)(H4,72,73,76)(H3,74,77,102)/t40-,50-,51+,52+,53-,54+,55-,56-,57+,58+,63?/m1/s1. The van der Waals surface area contributed by atoms with Gasteiger partial charge in [0.2, 0.25) is 53.2 Å². The summed E-state index contributed by atoms with van der Waals surface area (Å²) in [6.07, 6.45) is 1.07. The highest BCUT2D eigenvalue weighted by molar-refractivity contribution is 6.30. The number of phenolic OH excluding ortho intramolecular Hbond substituents is 1. The number of amides is 11. The summed E-state index contributed by atoms with van der Waals surface area (Å²) in [5.74, 6) is -9.56. The van der Waals surface area contributed by atoms with Crippen LogP contribution in [0, 0.1) is 11.3 Å². The molecule has 1 fully saturated rings. The Morgan fingerprint density at radius 3 is 1.78 bits per heavy atom. The molecule has 20 N–H and O–H groups in total. The maximum atomic E-state index is 14.9. The largest absolute Gasteiger partial charge is 0.508 e. The average Bonchev–Trinajstić information content (AvgIpc) is 1.13. The van der Waals surface area contributed by atoms with Crippen LogP contribution >= 0.6 is 11.6 Å². The maximum absolute atomic E-state index is 14.9. The van der Waals surface area contributed by atoms with Crippen molar-refractivity contribution in [2.75, 3.05) is 26.2 Å². The van der Waals surface area contributed by atoms with Gasteiger partial charge in [-0.25, -0.2) is 4.79 Å². The van der Waals surface area contributed by atoms with Crippen molar-refractivity contribution in [2.45, 2.75) is 165 Å². The lowest BCUT2D eigenvalue weighted by atomic mass is 9.99. The van der Waals surface area contributed by atoms with Crippen LogP contribution in [0.4, 0.5) is 4.79 Å². The number of hydrogen-bond acceptors (Lipinski definition) is 17. The number of aliphatic hydroxyl groups is 2. The first-order valence-corrected chi connectivity index (χ1v) is 33.9. The third kappa shape index (κ3) is 26.2. The first-order chi connectivity index (χ1) is 48.6. The number of aliphatic hydroxyl groups excluding tert-OH is 2. The molecule has 31 nitrogen and oxygen atoms in total. The second kappa shape index (κ2) is 40.1. The van der Waals surface area contributed by atoms with Crippen LogP contribution < -0.4 is 70.0 Å². The Balaban J connectivity index is 1.25. The van der Waals surface area contributed by atoms with Crippen molar-refractivity contribution in [1.82, 2.24) is 68.4 Å². The van der Waals surface area contributed by atoms with Gasteiger partial charge < -0.3 is 90.0 Å². The summed E-state index contributed by atoms with van der Waals surface area (Å²) in [6.45, 7) is 5.06. The van der Waals surface area contributed by atoms with E-state index >= 15 is 0 Å². The van der Waals surface area contributed by atoms with Crippen molar-refractivity contribution in [3.8, 4) is 5.75 Å². The fraction of sp³-hybridized carbons (Fsp3) is 0.443. The zero-order valence-corrected chi connectivity index (χ0v) is 58.0. The van der Waals surface area contributed by atoms with Crippen LogP contribution in [-0.2, 0) is 73.6 Å².